The van der Waals surface area contributed by atoms with Crippen LogP contribution >= 0.6 is 23.5 Å². The lowest BCUT2D eigenvalue weighted by molar-refractivity contribution is -0.147. The van der Waals surface area contributed by atoms with Crippen molar-refractivity contribution in [2.24, 2.45) is 0 Å². The van der Waals surface area contributed by atoms with Crippen LogP contribution in [0.25, 0.3) is 0 Å². The maximum absolute atomic E-state index is 12.9. The molecular formula is C21H22FNO3S2. The Labute approximate surface area is 172 Å². The van der Waals surface area contributed by atoms with E-state index in [0.717, 1.165) is 21.9 Å². The van der Waals surface area contributed by atoms with Crippen molar-refractivity contribution in [3.05, 3.63) is 54.3 Å². The van der Waals surface area contributed by atoms with Crippen molar-refractivity contribution >= 4 is 41.1 Å². The third-order valence-corrected chi connectivity index (χ3v) is 6.54. The SMILES string of the molecule is C[C@@H]1CCN(C(=O)COC(=O)CCSc2ccc(F)cc2)c2ccccc2S1. The standard InChI is InChI=1S/C21H22FNO3S2/c1-15-10-12-23(18-4-2-3-5-19(18)28-15)20(24)14-26-21(25)11-13-27-17-8-6-16(22)7-9-17/h2-9,15H,10-14H2,1H3/t15-/m1/s1. The number of rotatable bonds is 6. The zero-order valence-corrected chi connectivity index (χ0v) is 17.2. The molecule has 3 rings (SSSR count). The van der Waals surface area contributed by atoms with Crippen LogP contribution in [0, 0.1) is 5.82 Å². The smallest absolute Gasteiger partial charge is 0.307 e. The number of carbonyl (C=O) groups is 2. The largest absolute Gasteiger partial charge is 0.456 e. The van der Waals surface area contributed by atoms with Crippen LogP contribution in [-0.4, -0.2) is 36.0 Å². The number of para-hydroxylation sites is 1. The molecule has 1 aliphatic heterocycles. The number of thioether (sulfide) groups is 2. The van der Waals surface area contributed by atoms with Gasteiger partial charge in [-0.3, -0.25) is 9.59 Å². The van der Waals surface area contributed by atoms with Crippen molar-refractivity contribution in [2.75, 3.05) is 23.8 Å². The van der Waals surface area contributed by atoms with Crippen molar-refractivity contribution in [3.63, 3.8) is 0 Å². The molecule has 0 unspecified atom stereocenters. The van der Waals surface area contributed by atoms with Crippen LogP contribution in [0.4, 0.5) is 10.1 Å². The predicted octanol–water partition coefficient (Wildman–Crippen LogP) is 4.77. The van der Waals surface area contributed by atoms with E-state index in [1.54, 1.807) is 28.8 Å². The number of amides is 1. The second-order valence-corrected chi connectivity index (χ2v) is 9.09. The normalized spacial score (nSPS) is 16.2. The number of anilines is 1. The van der Waals surface area contributed by atoms with Gasteiger partial charge in [-0.2, -0.15) is 0 Å². The van der Waals surface area contributed by atoms with Gasteiger partial charge in [-0.1, -0.05) is 19.1 Å². The maximum Gasteiger partial charge on any atom is 0.307 e. The van der Waals surface area contributed by atoms with Crippen LogP contribution in [0.5, 0.6) is 0 Å². The molecule has 0 fully saturated rings. The molecule has 2 aromatic carbocycles. The predicted molar refractivity (Wildman–Crippen MR) is 111 cm³/mol. The summed E-state index contributed by atoms with van der Waals surface area (Å²) < 4.78 is 18.1. The molecular weight excluding hydrogens is 397 g/mol. The highest BCUT2D eigenvalue weighted by Crippen LogP contribution is 2.37. The van der Waals surface area contributed by atoms with Gasteiger partial charge in [-0.15, -0.1) is 23.5 Å². The fourth-order valence-electron chi connectivity index (χ4n) is 2.82. The Kier molecular flexibility index (Phi) is 7.39. The van der Waals surface area contributed by atoms with E-state index in [-0.39, 0.29) is 24.8 Å². The number of halogens is 1. The minimum Gasteiger partial charge on any atom is -0.456 e. The van der Waals surface area contributed by atoms with Gasteiger partial charge in [-0.05, 0) is 42.8 Å². The Morgan fingerprint density at radius 1 is 1.21 bits per heavy atom. The molecule has 0 bridgehead atoms. The van der Waals surface area contributed by atoms with Gasteiger partial charge in [0.15, 0.2) is 6.61 Å². The Morgan fingerprint density at radius 2 is 1.96 bits per heavy atom. The molecule has 1 amide bonds. The minimum atomic E-state index is -0.409. The van der Waals surface area contributed by atoms with E-state index in [1.165, 1.54) is 23.9 Å². The molecule has 1 heterocycles. The summed E-state index contributed by atoms with van der Waals surface area (Å²) in [6.07, 6.45) is 1.08. The first-order chi connectivity index (χ1) is 13.5. The van der Waals surface area contributed by atoms with Crippen LogP contribution in [0.2, 0.25) is 0 Å². The molecule has 0 aliphatic carbocycles. The van der Waals surface area contributed by atoms with E-state index in [4.69, 9.17) is 4.74 Å². The molecule has 4 nitrogen and oxygen atoms in total. The van der Waals surface area contributed by atoms with E-state index < -0.39 is 5.97 Å². The van der Waals surface area contributed by atoms with Gasteiger partial charge in [-0.25, -0.2) is 4.39 Å². The summed E-state index contributed by atoms with van der Waals surface area (Å²) in [6.45, 7) is 2.50. The second kappa shape index (κ2) is 9.98. The van der Waals surface area contributed by atoms with Crippen molar-refractivity contribution in [3.8, 4) is 0 Å². The molecule has 148 valence electrons. The van der Waals surface area contributed by atoms with E-state index in [1.807, 2.05) is 24.3 Å². The maximum atomic E-state index is 12.9. The molecule has 0 saturated heterocycles. The highest BCUT2D eigenvalue weighted by Gasteiger charge is 2.24. The summed E-state index contributed by atoms with van der Waals surface area (Å²) in [4.78, 5) is 28.3. The van der Waals surface area contributed by atoms with Crippen molar-refractivity contribution in [1.82, 2.24) is 0 Å². The van der Waals surface area contributed by atoms with Gasteiger partial charge in [0.1, 0.15) is 5.82 Å². The molecule has 0 radical (unpaired) electrons. The molecule has 0 spiro atoms. The summed E-state index contributed by atoms with van der Waals surface area (Å²) in [7, 11) is 0. The number of nitrogens with zero attached hydrogens (tertiary/aromatic N) is 1. The summed E-state index contributed by atoms with van der Waals surface area (Å²) in [5.41, 5.74) is 0.879. The molecule has 0 aromatic heterocycles. The molecule has 0 saturated carbocycles. The number of carbonyl (C=O) groups excluding carboxylic acids is 2. The fraction of sp³-hybridized carbons (Fsp3) is 0.333. The topological polar surface area (TPSA) is 46.6 Å². The second-order valence-electron chi connectivity index (χ2n) is 6.44. The van der Waals surface area contributed by atoms with Crippen LogP contribution in [0.1, 0.15) is 19.8 Å². The first-order valence-corrected chi connectivity index (χ1v) is 11.0. The van der Waals surface area contributed by atoms with Crippen molar-refractivity contribution in [2.45, 2.75) is 34.8 Å². The number of fused-ring (bicyclic) bond motifs is 1. The van der Waals surface area contributed by atoms with Crippen LogP contribution in [0.15, 0.2) is 58.3 Å². The third kappa shape index (κ3) is 5.75. The van der Waals surface area contributed by atoms with Gasteiger partial charge in [0.05, 0.1) is 12.1 Å². The number of hydrogen-bond acceptors (Lipinski definition) is 5. The average Bonchev–Trinajstić information content (AvgIpc) is 2.86. The Balaban J connectivity index is 1.48. The number of ether oxygens (including phenoxy) is 1. The van der Waals surface area contributed by atoms with Gasteiger partial charge in [0.25, 0.3) is 5.91 Å². The Bertz CT molecular complexity index is 829. The number of benzene rings is 2. The number of esters is 1. The summed E-state index contributed by atoms with van der Waals surface area (Å²) in [6, 6.07) is 13.9. The van der Waals surface area contributed by atoms with E-state index in [9.17, 15) is 14.0 Å². The quantitative estimate of drug-likeness (QED) is 0.499. The summed E-state index contributed by atoms with van der Waals surface area (Å²) in [5.74, 6) is -0.389. The highest BCUT2D eigenvalue weighted by atomic mass is 32.2. The van der Waals surface area contributed by atoms with E-state index in [0.29, 0.717) is 17.5 Å². The fourth-order valence-corrected chi connectivity index (χ4v) is 4.77. The van der Waals surface area contributed by atoms with Crippen LogP contribution in [-0.2, 0) is 14.3 Å². The molecule has 1 aliphatic rings. The lowest BCUT2D eigenvalue weighted by atomic mass is 10.2. The molecule has 0 N–H and O–H groups in total. The molecule has 28 heavy (non-hydrogen) atoms. The molecule has 7 heteroatoms. The van der Waals surface area contributed by atoms with Gasteiger partial charge >= 0.3 is 5.97 Å². The van der Waals surface area contributed by atoms with Crippen molar-refractivity contribution in [1.29, 1.82) is 0 Å². The van der Waals surface area contributed by atoms with E-state index >= 15 is 0 Å². The lowest BCUT2D eigenvalue weighted by Gasteiger charge is -2.22. The van der Waals surface area contributed by atoms with Gasteiger partial charge in [0, 0.05) is 27.3 Å². The van der Waals surface area contributed by atoms with E-state index in [2.05, 4.69) is 6.92 Å². The van der Waals surface area contributed by atoms with Crippen LogP contribution in [0.3, 0.4) is 0 Å². The van der Waals surface area contributed by atoms with Gasteiger partial charge < -0.3 is 9.64 Å². The monoisotopic (exact) mass is 419 g/mol. The van der Waals surface area contributed by atoms with Gasteiger partial charge in [0.2, 0.25) is 0 Å². The third-order valence-electron chi connectivity index (χ3n) is 4.29. The first kappa shape index (κ1) is 20.7. The molecule has 1 atom stereocenters. The summed E-state index contributed by atoms with van der Waals surface area (Å²) >= 11 is 3.21. The highest BCUT2D eigenvalue weighted by molar-refractivity contribution is 8.00. The number of hydrogen-bond donors (Lipinski definition) is 0. The lowest BCUT2D eigenvalue weighted by Crippen LogP contribution is -2.35. The average molecular weight is 420 g/mol. The zero-order valence-electron chi connectivity index (χ0n) is 15.6. The molecule has 2 aromatic rings. The van der Waals surface area contributed by atoms with Crippen LogP contribution < -0.4 is 4.90 Å². The first-order valence-electron chi connectivity index (χ1n) is 9.13. The van der Waals surface area contributed by atoms with Crippen molar-refractivity contribution < 1.29 is 18.7 Å². The minimum absolute atomic E-state index is 0.193. The summed E-state index contributed by atoms with van der Waals surface area (Å²) in [5, 5.41) is 0.421. The Morgan fingerprint density at radius 3 is 2.75 bits per heavy atom. The zero-order chi connectivity index (χ0) is 19.9. The Hall–Kier alpha value is -1.99.